The lowest BCUT2D eigenvalue weighted by Gasteiger charge is -2.33. The molecule has 10 nitrogen and oxygen atoms in total. The number of benzene rings is 2. The molecule has 0 aliphatic carbocycles. The van der Waals surface area contributed by atoms with E-state index in [1.807, 2.05) is 32.3 Å². The number of ether oxygens (including phenoxy) is 1. The number of aliphatic carboxylic acids is 1. The van der Waals surface area contributed by atoms with E-state index in [9.17, 15) is 14.7 Å². The molecule has 1 aliphatic heterocycles. The summed E-state index contributed by atoms with van der Waals surface area (Å²) in [5.74, 6) is -0.325. The zero-order chi connectivity index (χ0) is 35.8. The summed E-state index contributed by atoms with van der Waals surface area (Å²) in [7, 11) is 3.65. The molecule has 2 atom stereocenters. The quantitative estimate of drug-likeness (QED) is 0.202. The summed E-state index contributed by atoms with van der Waals surface area (Å²) in [4.78, 5) is 39.7. The number of H-pyrrole nitrogens is 1. The molecule has 1 amide bonds. The Morgan fingerprint density at radius 1 is 1.10 bits per heavy atom. The summed E-state index contributed by atoms with van der Waals surface area (Å²) in [5, 5.41) is 15.3. The fraction of sp³-hybridized carbons (Fsp3) is 0.410. The van der Waals surface area contributed by atoms with Crippen LogP contribution in [0.25, 0.3) is 22.4 Å². The number of hydrogen-bond donors (Lipinski definition) is 2. The van der Waals surface area contributed by atoms with Crippen molar-refractivity contribution in [2.75, 3.05) is 13.6 Å². The molecule has 50 heavy (non-hydrogen) atoms. The van der Waals surface area contributed by atoms with Gasteiger partial charge in [-0.2, -0.15) is 5.10 Å². The number of amides is 1. The first-order chi connectivity index (χ1) is 23.7. The number of fused-ring (bicyclic) bond motifs is 8. The van der Waals surface area contributed by atoms with Crippen LogP contribution in [0.5, 0.6) is 11.5 Å². The van der Waals surface area contributed by atoms with Gasteiger partial charge in [0.05, 0.1) is 11.3 Å². The predicted molar refractivity (Wildman–Crippen MR) is 190 cm³/mol. The minimum Gasteiger partial charge on any atom is -0.481 e. The molecule has 2 N–H and O–H groups in total. The van der Waals surface area contributed by atoms with E-state index in [0.29, 0.717) is 60.0 Å². The van der Waals surface area contributed by atoms with E-state index >= 15 is 4.39 Å². The second-order valence-electron chi connectivity index (χ2n) is 14.7. The molecule has 0 saturated heterocycles. The monoisotopic (exact) mass is 680 g/mol. The standard InChI is InChI=1S/C39H45FN6O4/c1-24(36(48)49)19-25-9-7-10-26(20-25)39(4)16-8-15-38(2,3)23-45(5)33(47)12-11-29-28-14-18-41-31(28)22-30(40)34(29)50-27-13-17-42-32(21-27)35-43-37(39)44-46(35)6/h7,9-10,13-14,17-18,20-22,24,41H,8,11-12,15-16,19,23H2,1-6H3,(H,48,49)/t24-,39+/m0/s1. The Morgan fingerprint density at radius 3 is 2.68 bits per heavy atom. The van der Waals surface area contributed by atoms with E-state index in [1.54, 1.807) is 41.0 Å². The Kier molecular flexibility index (Phi) is 9.52. The molecule has 0 saturated carbocycles. The molecule has 0 radical (unpaired) electrons. The number of halogens is 1. The van der Waals surface area contributed by atoms with Gasteiger partial charge in [-0.3, -0.25) is 14.6 Å². The minimum absolute atomic E-state index is 0.0248. The number of nitrogens with zero attached hydrogens (tertiary/aromatic N) is 5. The van der Waals surface area contributed by atoms with E-state index in [4.69, 9.17) is 14.8 Å². The predicted octanol–water partition coefficient (Wildman–Crippen LogP) is 7.46. The van der Waals surface area contributed by atoms with Gasteiger partial charge in [0.1, 0.15) is 11.4 Å². The second kappa shape index (κ2) is 13.7. The van der Waals surface area contributed by atoms with Crippen molar-refractivity contribution in [3.63, 3.8) is 0 Å². The molecule has 262 valence electrons. The normalized spacial score (nSPS) is 19.2. The van der Waals surface area contributed by atoms with Crippen LogP contribution in [0.15, 0.2) is 60.9 Å². The van der Waals surface area contributed by atoms with Crippen LogP contribution in [-0.2, 0) is 34.9 Å². The summed E-state index contributed by atoms with van der Waals surface area (Å²) >= 11 is 0. The number of aromatic amines is 1. The smallest absolute Gasteiger partial charge is 0.306 e. The maximum Gasteiger partial charge on any atom is 0.306 e. The first kappa shape index (κ1) is 34.8. The van der Waals surface area contributed by atoms with E-state index in [1.165, 1.54) is 6.07 Å². The molecule has 1 aliphatic rings. The third-order valence-electron chi connectivity index (χ3n) is 10.0. The van der Waals surface area contributed by atoms with E-state index in [0.717, 1.165) is 29.4 Å². The second-order valence-corrected chi connectivity index (χ2v) is 14.7. The summed E-state index contributed by atoms with van der Waals surface area (Å²) < 4.78 is 23.7. The average Bonchev–Trinajstić information content (AvgIpc) is 3.70. The molecule has 3 aromatic heterocycles. The highest BCUT2D eigenvalue weighted by Gasteiger charge is 2.35. The van der Waals surface area contributed by atoms with E-state index in [-0.39, 0.29) is 23.5 Å². The lowest BCUT2D eigenvalue weighted by atomic mass is 9.74. The van der Waals surface area contributed by atoms with Crippen molar-refractivity contribution >= 4 is 22.8 Å². The van der Waals surface area contributed by atoms with E-state index < -0.39 is 23.1 Å². The Balaban J connectivity index is 1.46. The lowest BCUT2D eigenvalue weighted by molar-refractivity contribution is -0.141. The molecule has 4 bridgehead atoms. The molecule has 5 aromatic rings. The van der Waals surface area contributed by atoms with Crippen molar-refractivity contribution in [1.82, 2.24) is 29.6 Å². The molecule has 0 spiro atoms. The Hall–Kier alpha value is -5.06. The highest BCUT2D eigenvalue weighted by molar-refractivity contribution is 5.86. The van der Waals surface area contributed by atoms with Crippen molar-refractivity contribution in [2.45, 2.75) is 71.6 Å². The molecule has 6 rings (SSSR count). The maximum atomic E-state index is 15.7. The van der Waals surface area contributed by atoms with Crippen molar-refractivity contribution in [3.05, 3.63) is 89.3 Å². The van der Waals surface area contributed by atoms with Crippen LogP contribution >= 0.6 is 0 Å². The number of nitrogens with one attached hydrogen (secondary N) is 1. The molecular formula is C39H45FN6O4. The van der Waals surface area contributed by atoms with Gasteiger partial charge in [-0.1, -0.05) is 51.5 Å². The number of carboxylic acids is 1. The van der Waals surface area contributed by atoms with Gasteiger partial charge in [-0.15, -0.1) is 0 Å². The zero-order valence-corrected chi connectivity index (χ0v) is 29.6. The number of hydrogen-bond acceptors (Lipinski definition) is 6. The van der Waals surface area contributed by atoms with Gasteiger partial charge in [0.2, 0.25) is 5.91 Å². The van der Waals surface area contributed by atoms with E-state index in [2.05, 4.69) is 42.9 Å². The first-order valence-corrected chi connectivity index (χ1v) is 17.1. The van der Waals surface area contributed by atoms with Gasteiger partial charge in [-0.25, -0.2) is 14.1 Å². The number of aromatic nitrogens is 5. The van der Waals surface area contributed by atoms with Gasteiger partial charge in [0.25, 0.3) is 0 Å². The number of carbonyl (C=O) groups excluding carboxylic acids is 1. The topological polar surface area (TPSA) is 126 Å². The largest absolute Gasteiger partial charge is 0.481 e. The summed E-state index contributed by atoms with van der Waals surface area (Å²) in [6.07, 6.45) is 6.65. The van der Waals surface area contributed by atoms with Crippen LogP contribution in [0.2, 0.25) is 0 Å². The van der Waals surface area contributed by atoms with Crippen LogP contribution in [0, 0.1) is 17.2 Å². The Labute approximate surface area is 291 Å². The Bertz CT molecular complexity index is 2050. The van der Waals surface area contributed by atoms with Gasteiger partial charge >= 0.3 is 5.97 Å². The molecule has 2 aromatic carbocycles. The molecule has 0 unspecified atom stereocenters. The summed E-state index contributed by atoms with van der Waals surface area (Å²) in [6.45, 7) is 8.74. The lowest BCUT2D eigenvalue weighted by Crippen LogP contribution is -2.36. The summed E-state index contributed by atoms with van der Waals surface area (Å²) in [5.41, 5.74) is 2.87. The number of carbonyl (C=O) groups is 2. The number of rotatable bonds is 4. The minimum atomic E-state index is -0.835. The van der Waals surface area contributed by atoms with Crippen molar-refractivity contribution in [3.8, 4) is 23.0 Å². The Morgan fingerprint density at radius 2 is 1.90 bits per heavy atom. The molecule has 11 heteroatoms. The highest BCUT2D eigenvalue weighted by atomic mass is 19.1. The van der Waals surface area contributed by atoms with Crippen molar-refractivity contribution < 1.29 is 23.8 Å². The van der Waals surface area contributed by atoms with Gasteiger partial charge in [0, 0.05) is 68.1 Å². The fourth-order valence-electron chi connectivity index (χ4n) is 7.16. The highest BCUT2D eigenvalue weighted by Crippen LogP contribution is 2.40. The molecule has 4 heterocycles. The third kappa shape index (κ3) is 7.13. The van der Waals surface area contributed by atoms with Crippen LogP contribution in [0.1, 0.15) is 75.9 Å². The SMILES string of the molecule is C[C@@H](Cc1cccc([C@@]2(C)CCCC(C)(C)CN(C)C(=O)CCc3c(c(F)cc4[nH]ccc34)Oc3ccnc(c3)-c3nc2nn3C)c1)C(=O)O. The zero-order valence-electron chi connectivity index (χ0n) is 29.6. The first-order valence-electron chi connectivity index (χ1n) is 17.1. The maximum absolute atomic E-state index is 15.7. The summed E-state index contributed by atoms with van der Waals surface area (Å²) in [6, 6.07) is 14.7. The van der Waals surface area contributed by atoms with Crippen LogP contribution in [-0.4, -0.2) is 60.2 Å². The van der Waals surface area contributed by atoms with Crippen molar-refractivity contribution in [2.24, 2.45) is 18.4 Å². The van der Waals surface area contributed by atoms with Crippen molar-refractivity contribution in [1.29, 1.82) is 0 Å². The molecule has 0 fully saturated rings. The van der Waals surface area contributed by atoms with Crippen LogP contribution in [0.4, 0.5) is 4.39 Å². The van der Waals surface area contributed by atoms with Gasteiger partial charge in [-0.05, 0) is 61.3 Å². The number of aryl methyl sites for hydroxylation is 2. The average molecular weight is 681 g/mol. The van der Waals surface area contributed by atoms with Crippen LogP contribution in [0.3, 0.4) is 0 Å². The molecular weight excluding hydrogens is 635 g/mol. The van der Waals surface area contributed by atoms with Gasteiger partial charge in [0.15, 0.2) is 23.2 Å². The number of pyridine rings is 1. The van der Waals surface area contributed by atoms with Gasteiger partial charge < -0.3 is 19.7 Å². The third-order valence-corrected chi connectivity index (χ3v) is 10.0. The van der Waals surface area contributed by atoms with Crippen LogP contribution < -0.4 is 4.74 Å². The number of carboxylic acid groups (broad SMARTS) is 1. The fourth-order valence-corrected chi connectivity index (χ4v) is 7.16.